The highest BCUT2D eigenvalue weighted by molar-refractivity contribution is 7.92. The number of carbonyl (C=O) groups excluding carboxylic acids is 1. The number of amides is 1. The summed E-state index contributed by atoms with van der Waals surface area (Å²) < 4.78 is 68.0. The number of aromatic nitrogens is 1. The fourth-order valence-corrected chi connectivity index (χ4v) is 6.47. The Hall–Kier alpha value is -3.35. The Kier molecular flexibility index (Phi) is 7.67. The molecule has 0 saturated carbocycles. The molecule has 0 bridgehead atoms. The van der Waals surface area contributed by atoms with Gasteiger partial charge in [0, 0.05) is 36.5 Å². The molecule has 3 aromatic rings. The third-order valence-electron chi connectivity index (χ3n) is 5.85. The lowest BCUT2D eigenvalue weighted by Gasteiger charge is -2.30. The molecule has 1 aliphatic rings. The summed E-state index contributed by atoms with van der Waals surface area (Å²) >= 11 is 0. The molecule has 4 rings (SSSR count). The molecule has 1 aromatic heterocycles. The maximum absolute atomic E-state index is 13.9. The standard InChI is InChI=1S/C24H25FN4O5S2/c25-22-6-2-1-5-19(22)17-35(31,32)29-15-12-18(13-16-29)24(30)27-20-8-10-21(11-9-20)36(33,34)28-23-7-3-4-14-26-23/h1-11,14,18H,12-13,15-17H2,(H,26,28)(H,27,30). The lowest BCUT2D eigenvalue weighted by molar-refractivity contribution is -0.120. The zero-order valence-corrected chi connectivity index (χ0v) is 20.8. The van der Waals surface area contributed by atoms with Gasteiger partial charge in [0.1, 0.15) is 11.6 Å². The minimum Gasteiger partial charge on any atom is -0.326 e. The molecule has 190 valence electrons. The molecular formula is C24H25FN4O5S2. The van der Waals surface area contributed by atoms with E-state index in [9.17, 15) is 26.0 Å². The van der Waals surface area contributed by atoms with Crippen molar-refractivity contribution in [2.45, 2.75) is 23.5 Å². The van der Waals surface area contributed by atoms with Crippen molar-refractivity contribution >= 4 is 37.5 Å². The van der Waals surface area contributed by atoms with Crippen LogP contribution in [0, 0.1) is 11.7 Å². The van der Waals surface area contributed by atoms with Crippen LogP contribution in [0.1, 0.15) is 18.4 Å². The van der Waals surface area contributed by atoms with E-state index in [0.29, 0.717) is 18.5 Å². The number of carbonyl (C=O) groups is 1. The van der Waals surface area contributed by atoms with Crippen LogP contribution in [0.5, 0.6) is 0 Å². The quantitative estimate of drug-likeness (QED) is 0.459. The number of rotatable bonds is 8. The van der Waals surface area contributed by atoms with Gasteiger partial charge in [-0.25, -0.2) is 30.5 Å². The molecule has 36 heavy (non-hydrogen) atoms. The number of nitrogens with one attached hydrogen (secondary N) is 2. The van der Waals surface area contributed by atoms with Gasteiger partial charge in [0.15, 0.2) is 0 Å². The van der Waals surface area contributed by atoms with Crippen LogP contribution in [0.25, 0.3) is 0 Å². The predicted molar refractivity (Wildman–Crippen MR) is 133 cm³/mol. The number of piperidine rings is 1. The summed E-state index contributed by atoms with van der Waals surface area (Å²) in [6.07, 6.45) is 2.12. The number of halogens is 1. The van der Waals surface area contributed by atoms with E-state index in [4.69, 9.17) is 0 Å². The fourth-order valence-electron chi connectivity index (χ4n) is 3.88. The van der Waals surface area contributed by atoms with Crippen LogP contribution in [0.15, 0.2) is 77.8 Å². The molecule has 0 radical (unpaired) electrons. The number of hydrogen-bond acceptors (Lipinski definition) is 6. The molecule has 2 aromatic carbocycles. The molecule has 1 amide bonds. The van der Waals surface area contributed by atoms with Gasteiger partial charge < -0.3 is 5.32 Å². The number of nitrogens with zero attached hydrogens (tertiary/aromatic N) is 2. The van der Waals surface area contributed by atoms with E-state index >= 15 is 0 Å². The maximum atomic E-state index is 13.9. The molecule has 1 aliphatic heterocycles. The summed E-state index contributed by atoms with van der Waals surface area (Å²) in [6.45, 7) is 0.316. The molecule has 0 atom stereocenters. The first-order chi connectivity index (χ1) is 17.1. The highest BCUT2D eigenvalue weighted by atomic mass is 32.2. The zero-order valence-electron chi connectivity index (χ0n) is 19.2. The van der Waals surface area contributed by atoms with Crippen LogP contribution in [0.4, 0.5) is 15.9 Å². The van der Waals surface area contributed by atoms with Gasteiger partial charge in [-0.3, -0.25) is 9.52 Å². The Morgan fingerprint density at radius 1 is 0.944 bits per heavy atom. The second-order valence-corrected chi connectivity index (χ2v) is 12.0. The summed E-state index contributed by atoms with van der Waals surface area (Å²) in [5.41, 5.74) is 0.532. The van der Waals surface area contributed by atoms with Crippen LogP contribution < -0.4 is 10.0 Å². The lowest BCUT2D eigenvalue weighted by Crippen LogP contribution is -2.42. The van der Waals surface area contributed by atoms with Gasteiger partial charge in [0.25, 0.3) is 10.0 Å². The van der Waals surface area contributed by atoms with Gasteiger partial charge in [-0.2, -0.15) is 0 Å². The molecule has 0 aliphatic carbocycles. The summed E-state index contributed by atoms with van der Waals surface area (Å²) in [7, 11) is -7.55. The average molecular weight is 533 g/mol. The fraction of sp³-hybridized carbons (Fsp3) is 0.250. The minimum absolute atomic E-state index is 0.0134. The van der Waals surface area contributed by atoms with Crippen molar-refractivity contribution in [3.63, 3.8) is 0 Å². The van der Waals surface area contributed by atoms with E-state index in [2.05, 4.69) is 15.0 Å². The van der Waals surface area contributed by atoms with Crippen molar-refractivity contribution in [3.8, 4) is 0 Å². The van der Waals surface area contributed by atoms with Crippen molar-refractivity contribution in [1.29, 1.82) is 0 Å². The normalized spacial score (nSPS) is 15.4. The number of anilines is 2. The van der Waals surface area contributed by atoms with E-state index in [0.717, 1.165) is 0 Å². The van der Waals surface area contributed by atoms with E-state index in [1.165, 1.54) is 59.0 Å². The lowest BCUT2D eigenvalue weighted by atomic mass is 9.97. The summed E-state index contributed by atoms with van der Waals surface area (Å²) in [6, 6.07) is 16.3. The summed E-state index contributed by atoms with van der Waals surface area (Å²) in [5, 5.41) is 2.76. The topological polar surface area (TPSA) is 126 Å². The molecule has 1 fully saturated rings. The Bertz CT molecular complexity index is 1420. The van der Waals surface area contributed by atoms with E-state index in [1.807, 2.05) is 0 Å². The first-order valence-corrected chi connectivity index (χ1v) is 14.3. The highest BCUT2D eigenvalue weighted by Crippen LogP contribution is 2.24. The highest BCUT2D eigenvalue weighted by Gasteiger charge is 2.31. The van der Waals surface area contributed by atoms with Gasteiger partial charge in [-0.1, -0.05) is 24.3 Å². The SMILES string of the molecule is O=C(Nc1ccc(S(=O)(=O)Nc2ccccn2)cc1)C1CCN(S(=O)(=O)Cc2ccccc2F)CC1. The minimum atomic E-state index is -3.84. The zero-order chi connectivity index (χ0) is 25.8. The second kappa shape index (κ2) is 10.7. The van der Waals surface area contributed by atoms with Crippen molar-refractivity contribution in [3.05, 3.63) is 84.3 Å². The second-order valence-electron chi connectivity index (χ2n) is 8.36. The van der Waals surface area contributed by atoms with Crippen molar-refractivity contribution < 1.29 is 26.0 Å². The van der Waals surface area contributed by atoms with Crippen LogP contribution >= 0.6 is 0 Å². The molecule has 2 N–H and O–H groups in total. The van der Waals surface area contributed by atoms with Crippen LogP contribution in [-0.2, 0) is 30.6 Å². The van der Waals surface area contributed by atoms with E-state index < -0.39 is 37.5 Å². The Labute approximate surface area is 209 Å². The molecule has 12 heteroatoms. The van der Waals surface area contributed by atoms with Crippen LogP contribution in [0.3, 0.4) is 0 Å². The van der Waals surface area contributed by atoms with Gasteiger partial charge in [0.05, 0.1) is 10.6 Å². The number of benzene rings is 2. The largest absolute Gasteiger partial charge is 0.326 e. The smallest absolute Gasteiger partial charge is 0.263 e. The number of sulfonamides is 2. The Morgan fingerprint density at radius 3 is 2.25 bits per heavy atom. The molecule has 2 heterocycles. The van der Waals surface area contributed by atoms with Gasteiger partial charge >= 0.3 is 0 Å². The van der Waals surface area contributed by atoms with E-state index in [-0.39, 0.29) is 35.3 Å². The molecular weight excluding hydrogens is 507 g/mol. The molecule has 1 saturated heterocycles. The van der Waals surface area contributed by atoms with Crippen molar-refractivity contribution in [2.75, 3.05) is 23.1 Å². The third kappa shape index (κ3) is 6.25. The number of hydrogen-bond donors (Lipinski definition) is 2. The van der Waals surface area contributed by atoms with Crippen LogP contribution in [0.2, 0.25) is 0 Å². The summed E-state index contributed by atoms with van der Waals surface area (Å²) in [4.78, 5) is 16.7. The third-order valence-corrected chi connectivity index (χ3v) is 9.05. The Morgan fingerprint density at radius 2 is 1.61 bits per heavy atom. The first-order valence-electron chi connectivity index (χ1n) is 11.2. The maximum Gasteiger partial charge on any atom is 0.263 e. The van der Waals surface area contributed by atoms with E-state index in [1.54, 1.807) is 18.2 Å². The first kappa shape index (κ1) is 25.7. The molecule has 9 nitrogen and oxygen atoms in total. The van der Waals surface area contributed by atoms with Crippen LogP contribution in [-0.4, -0.2) is 45.1 Å². The molecule has 0 spiro atoms. The summed E-state index contributed by atoms with van der Waals surface area (Å²) in [5.74, 6) is -1.48. The Balaban J connectivity index is 1.31. The van der Waals surface area contributed by atoms with Gasteiger partial charge in [-0.15, -0.1) is 0 Å². The van der Waals surface area contributed by atoms with Gasteiger partial charge in [0.2, 0.25) is 15.9 Å². The number of pyridine rings is 1. The predicted octanol–water partition coefficient (Wildman–Crippen LogP) is 3.20. The van der Waals surface area contributed by atoms with Gasteiger partial charge in [-0.05, 0) is 55.3 Å². The molecule has 0 unspecified atom stereocenters. The monoisotopic (exact) mass is 532 g/mol. The average Bonchev–Trinajstić information content (AvgIpc) is 2.86. The van der Waals surface area contributed by atoms with Crippen molar-refractivity contribution in [2.24, 2.45) is 5.92 Å². The van der Waals surface area contributed by atoms with Crippen molar-refractivity contribution in [1.82, 2.24) is 9.29 Å².